The molecule has 0 aliphatic rings. The van der Waals surface area contributed by atoms with Gasteiger partial charge in [-0.2, -0.15) is 0 Å². The molecule has 0 aliphatic heterocycles. The van der Waals surface area contributed by atoms with Gasteiger partial charge < -0.3 is 0 Å². The standard InChI is InChI=1S/C11H11N3OS2/c1-12-9-8-13-6-5-10(9)17-7-3-2-4-11(16)14-15/h2-6,8,16H,1,7H2/b3-2+,11-4-. The van der Waals surface area contributed by atoms with Crippen molar-refractivity contribution in [2.75, 3.05) is 5.75 Å². The van der Waals surface area contributed by atoms with Crippen LogP contribution in [0.15, 0.2) is 56.8 Å². The minimum absolute atomic E-state index is 0.156. The summed E-state index contributed by atoms with van der Waals surface area (Å²) in [5, 5.41) is 2.81. The van der Waals surface area contributed by atoms with E-state index in [0.717, 1.165) is 16.3 Å². The second kappa shape index (κ2) is 7.81. The van der Waals surface area contributed by atoms with E-state index in [0.29, 0.717) is 0 Å². The van der Waals surface area contributed by atoms with Crippen molar-refractivity contribution < 1.29 is 0 Å². The lowest BCUT2D eigenvalue weighted by atomic mass is 10.4. The molecule has 1 rings (SSSR count). The first kappa shape index (κ1) is 13.7. The number of rotatable bonds is 6. The Balaban J connectivity index is 2.51. The first-order valence-corrected chi connectivity index (χ1v) is 6.14. The second-order valence-corrected chi connectivity index (χ2v) is 4.38. The summed E-state index contributed by atoms with van der Waals surface area (Å²) in [6, 6.07) is 1.88. The van der Waals surface area contributed by atoms with Crippen molar-refractivity contribution in [1.29, 1.82) is 0 Å². The van der Waals surface area contributed by atoms with Crippen molar-refractivity contribution in [2.45, 2.75) is 4.90 Å². The minimum atomic E-state index is 0.156. The fourth-order valence-corrected chi connectivity index (χ4v) is 1.89. The largest absolute Gasteiger partial charge is 0.262 e. The van der Waals surface area contributed by atoms with E-state index < -0.39 is 0 Å². The lowest BCUT2D eigenvalue weighted by molar-refractivity contribution is 1.24. The SMILES string of the molecule is C=Nc1cnccc1SC/C=C/C=C(\S)N=O. The van der Waals surface area contributed by atoms with Crippen LogP contribution in [0.1, 0.15) is 0 Å². The average molecular weight is 265 g/mol. The van der Waals surface area contributed by atoms with Gasteiger partial charge in [0.15, 0.2) is 0 Å². The Hall–Kier alpha value is -1.40. The van der Waals surface area contributed by atoms with Crippen molar-refractivity contribution in [3.63, 3.8) is 0 Å². The number of allylic oxidation sites excluding steroid dienone is 2. The van der Waals surface area contributed by atoms with E-state index in [4.69, 9.17) is 0 Å². The van der Waals surface area contributed by atoms with Gasteiger partial charge in [-0.05, 0) is 24.0 Å². The topological polar surface area (TPSA) is 54.7 Å². The van der Waals surface area contributed by atoms with E-state index >= 15 is 0 Å². The molecule has 0 aliphatic carbocycles. The van der Waals surface area contributed by atoms with Gasteiger partial charge in [0, 0.05) is 16.8 Å². The predicted molar refractivity (Wildman–Crippen MR) is 76.2 cm³/mol. The van der Waals surface area contributed by atoms with Crippen LogP contribution < -0.4 is 0 Å². The quantitative estimate of drug-likeness (QED) is 0.281. The Bertz CT molecular complexity index is 458. The number of pyridine rings is 1. The summed E-state index contributed by atoms with van der Waals surface area (Å²) < 4.78 is 0. The molecule has 0 saturated heterocycles. The molecule has 0 saturated carbocycles. The molecule has 0 bridgehead atoms. The second-order valence-electron chi connectivity index (χ2n) is 2.86. The molecule has 0 atom stereocenters. The average Bonchev–Trinajstić information content (AvgIpc) is 2.38. The molecule has 17 heavy (non-hydrogen) atoms. The molecule has 6 heteroatoms. The highest BCUT2D eigenvalue weighted by Crippen LogP contribution is 2.27. The van der Waals surface area contributed by atoms with Gasteiger partial charge in [0.1, 0.15) is 5.03 Å². The third kappa shape index (κ3) is 4.97. The smallest absolute Gasteiger partial charge is 0.138 e. The number of hydrogen-bond donors (Lipinski definition) is 1. The normalized spacial score (nSPS) is 11.7. The highest BCUT2D eigenvalue weighted by atomic mass is 32.2. The first-order chi connectivity index (χ1) is 8.27. The fraction of sp³-hybridized carbons (Fsp3) is 0.0909. The number of thioether (sulfide) groups is 1. The molecular formula is C11H11N3OS2. The Labute approximate surface area is 109 Å². The van der Waals surface area contributed by atoms with Gasteiger partial charge in [0.2, 0.25) is 0 Å². The van der Waals surface area contributed by atoms with E-state index in [2.05, 4.69) is 34.5 Å². The number of nitrogens with zero attached hydrogens (tertiary/aromatic N) is 3. The van der Waals surface area contributed by atoms with Gasteiger partial charge in [-0.15, -0.1) is 29.3 Å². The molecule has 0 spiro atoms. The Morgan fingerprint density at radius 1 is 1.65 bits per heavy atom. The van der Waals surface area contributed by atoms with Crippen molar-refractivity contribution in [3.05, 3.63) is 46.6 Å². The van der Waals surface area contributed by atoms with Crippen LogP contribution in [-0.2, 0) is 0 Å². The molecule has 1 heterocycles. The van der Waals surface area contributed by atoms with Crippen molar-refractivity contribution in [3.8, 4) is 0 Å². The molecule has 0 N–H and O–H groups in total. The molecule has 1 aromatic rings. The molecule has 4 nitrogen and oxygen atoms in total. The Morgan fingerprint density at radius 3 is 3.18 bits per heavy atom. The monoisotopic (exact) mass is 265 g/mol. The summed E-state index contributed by atoms with van der Waals surface area (Å²) in [6.07, 6.45) is 8.55. The summed E-state index contributed by atoms with van der Waals surface area (Å²) in [4.78, 5) is 18.9. The van der Waals surface area contributed by atoms with Crippen LogP contribution in [-0.4, -0.2) is 17.5 Å². The van der Waals surface area contributed by atoms with E-state index in [1.165, 1.54) is 6.08 Å². The van der Waals surface area contributed by atoms with E-state index in [9.17, 15) is 4.91 Å². The van der Waals surface area contributed by atoms with Crippen LogP contribution in [0, 0.1) is 4.91 Å². The molecular weight excluding hydrogens is 254 g/mol. The molecule has 0 aromatic carbocycles. The molecule has 88 valence electrons. The predicted octanol–water partition coefficient (Wildman–Crippen LogP) is 3.60. The summed E-state index contributed by atoms with van der Waals surface area (Å²) >= 11 is 5.43. The Kier molecular flexibility index (Phi) is 6.27. The van der Waals surface area contributed by atoms with Gasteiger partial charge in [-0.3, -0.25) is 9.98 Å². The molecule has 0 fully saturated rings. The van der Waals surface area contributed by atoms with E-state index in [1.54, 1.807) is 30.2 Å². The molecule has 0 unspecified atom stereocenters. The lowest BCUT2D eigenvalue weighted by Gasteiger charge is -2.00. The third-order valence-electron chi connectivity index (χ3n) is 1.74. The van der Waals surface area contributed by atoms with Gasteiger partial charge in [0.05, 0.1) is 11.9 Å². The van der Waals surface area contributed by atoms with Crippen LogP contribution in [0.25, 0.3) is 0 Å². The highest BCUT2D eigenvalue weighted by Gasteiger charge is 1.98. The van der Waals surface area contributed by atoms with E-state index in [-0.39, 0.29) is 5.03 Å². The number of aliphatic imine (C=N–C) groups is 1. The van der Waals surface area contributed by atoms with Crippen molar-refractivity contribution in [2.24, 2.45) is 10.2 Å². The van der Waals surface area contributed by atoms with E-state index in [1.807, 2.05) is 12.1 Å². The Morgan fingerprint density at radius 2 is 2.47 bits per heavy atom. The maximum Gasteiger partial charge on any atom is 0.138 e. The van der Waals surface area contributed by atoms with Gasteiger partial charge >= 0.3 is 0 Å². The van der Waals surface area contributed by atoms with Gasteiger partial charge in [-0.25, -0.2) is 0 Å². The number of thiol groups is 1. The summed E-state index contributed by atoms with van der Waals surface area (Å²) in [5.41, 5.74) is 0.769. The summed E-state index contributed by atoms with van der Waals surface area (Å²) in [6.45, 7) is 3.48. The van der Waals surface area contributed by atoms with Crippen molar-refractivity contribution in [1.82, 2.24) is 4.98 Å². The summed E-state index contributed by atoms with van der Waals surface area (Å²) in [5.74, 6) is 0.753. The summed E-state index contributed by atoms with van der Waals surface area (Å²) in [7, 11) is 0. The van der Waals surface area contributed by atoms with Gasteiger partial charge in [0.25, 0.3) is 0 Å². The number of aromatic nitrogens is 1. The zero-order valence-electron chi connectivity index (χ0n) is 8.98. The lowest BCUT2D eigenvalue weighted by Crippen LogP contribution is -1.77. The molecule has 1 aromatic heterocycles. The van der Waals surface area contributed by atoms with Crippen LogP contribution >= 0.6 is 24.4 Å². The highest BCUT2D eigenvalue weighted by molar-refractivity contribution is 7.99. The fourth-order valence-electron chi connectivity index (χ4n) is 0.992. The van der Waals surface area contributed by atoms with Crippen LogP contribution in [0.2, 0.25) is 0 Å². The molecule has 0 amide bonds. The third-order valence-corrected chi connectivity index (χ3v) is 2.99. The van der Waals surface area contributed by atoms with Crippen LogP contribution in [0.5, 0.6) is 0 Å². The zero-order chi connectivity index (χ0) is 12.5. The molecule has 0 radical (unpaired) electrons. The van der Waals surface area contributed by atoms with Crippen molar-refractivity contribution >= 4 is 36.8 Å². The van der Waals surface area contributed by atoms with Crippen LogP contribution in [0.3, 0.4) is 0 Å². The first-order valence-electron chi connectivity index (χ1n) is 4.70. The maximum atomic E-state index is 10.0. The number of hydrogen-bond acceptors (Lipinski definition) is 6. The minimum Gasteiger partial charge on any atom is -0.262 e. The zero-order valence-corrected chi connectivity index (χ0v) is 10.7. The number of nitroso groups, excluding NO2 is 1. The maximum absolute atomic E-state index is 10.0. The van der Waals surface area contributed by atoms with Crippen LogP contribution in [0.4, 0.5) is 5.69 Å². The van der Waals surface area contributed by atoms with Gasteiger partial charge in [-0.1, -0.05) is 12.2 Å².